The Morgan fingerprint density at radius 2 is 2.50 bits per heavy atom. The van der Waals surface area contributed by atoms with E-state index in [0.717, 1.165) is 0 Å². The molecule has 1 unspecified atom stereocenters. The van der Waals surface area contributed by atoms with E-state index in [1.807, 2.05) is 0 Å². The number of halogens is 1. The van der Waals surface area contributed by atoms with Crippen LogP contribution in [-0.2, 0) is 14.3 Å². The molecule has 0 bridgehead atoms. The predicted octanol–water partition coefficient (Wildman–Crippen LogP) is 2.23. The zero-order chi connectivity index (χ0) is 13.5. The molecule has 1 fully saturated rings. The van der Waals surface area contributed by atoms with Gasteiger partial charge in [0, 0.05) is 5.03 Å². The van der Waals surface area contributed by atoms with E-state index in [0.29, 0.717) is 23.0 Å². The molecule has 1 rings (SSSR count). The second-order valence-corrected chi connectivity index (χ2v) is 4.33. The molecule has 0 radical (unpaired) electrons. The monoisotopic (exact) mass is 269 g/mol. The fraction of sp³-hybridized carbons (Fsp3) is 0.385. The van der Waals surface area contributed by atoms with Gasteiger partial charge in [-0.3, -0.25) is 4.79 Å². The maximum atomic E-state index is 11.2. The first kappa shape index (κ1) is 14.4. The van der Waals surface area contributed by atoms with Gasteiger partial charge >= 0.3 is 5.97 Å². The Labute approximate surface area is 112 Å². The Kier molecular flexibility index (Phi) is 5.56. The molecule has 0 aromatic heterocycles. The van der Waals surface area contributed by atoms with Crippen molar-refractivity contribution in [3.05, 3.63) is 41.0 Å². The van der Waals surface area contributed by atoms with Crippen LogP contribution in [0.1, 0.15) is 13.3 Å². The summed E-state index contributed by atoms with van der Waals surface area (Å²) in [7, 11) is 1.35. The molecule has 0 spiro atoms. The second kappa shape index (κ2) is 6.94. The molecule has 0 saturated carbocycles. The van der Waals surface area contributed by atoms with Gasteiger partial charge in [-0.2, -0.15) is 0 Å². The SMILES string of the molecule is C=C=C1NCC(CC(=O)OC)O/C1=C/C=C(\C)Cl. The summed E-state index contributed by atoms with van der Waals surface area (Å²) < 4.78 is 10.3. The quantitative estimate of drug-likeness (QED) is 0.631. The fourth-order valence-electron chi connectivity index (χ4n) is 1.43. The minimum atomic E-state index is -0.309. The molecule has 18 heavy (non-hydrogen) atoms. The van der Waals surface area contributed by atoms with E-state index < -0.39 is 0 Å². The summed E-state index contributed by atoms with van der Waals surface area (Å²) in [6.07, 6.45) is 3.34. The van der Waals surface area contributed by atoms with Gasteiger partial charge in [0.1, 0.15) is 11.8 Å². The van der Waals surface area contributed by atoms with Crippen molar-refractivity contribution in [2.75, 3.05) is 13.7 Å². The molecule has 4 nitrogen and oxygen atoms in total. The molecule has 1 heterocycles. The Balaban J connectivity index is 2.78. The molecule has 0 aromatic rings. The summed E-state index contributed by atoms with van der Waals surface area (Å²) in [5.41, 5.74) is 3.40. The van der Waals surface area contributed by atoms with Crippen LogP contribution in [0.3, 0.4) is 0 Å². The molecule has 1 N–H and O–H groups in total. The fourth-order valence-corrected chi connectivity index (χ4v) is 1.49. The molecule has 1 aliphatic heterocycles. The number of carbonyl (C=O) groups is 1. The zero-order valence-corrected chi connectivity index (χ0v) is 11.2. The maximum Gasteiger partial charge on any atom is 0.309 e. The van der Waals surface area contributed by atoms with Crippen molar-refractivity contribution >= 4 is 17.6 Å². The lowest BCUT2D eigenvalue weighted by atomic mass is 10.2. The van der Waals surface area contributed by atoms with Crippen molar-refractivity contribution in [2.24, 2.45) is 0 Å². The van der Waals surface area contributed by atoms with Crippen LogP contribution < -0.4 is 5.32 Å². The molecule has 0 aromatic carbocycles. The highest BCUT2D eigenvalue weighted by molar-refractivity contribution is 6.29. The number of rotatable bonds is 3. The number of hydrogen-bond donors (Lipinski definition) is 1. The number of methoxy groups -OCH3 is 1. The Morgan fingerprint density at radius 3 is 3.06 bits per heavy atom. The molecule has 1 atom stereocenters. The van der Waals surface area contributed by atoms with Crippen molar-refractivity contribution in [1.82, 2.24) is 5.32 Å². The van der Waals surface area contributed by atoms with E-state index >= 15 is 0 Å². The van der Waals surface area contributed by atoms with Crippen molar-refractivity contribution in [1.29, 1.82) is 0 Å². The van der Waals surface area contributed by atoms with Crippen molar-refractivity contribution in [3.63, 3.8) is 0 Å². The van der Waals surface area contributed by atoms with Gasteiger partial charge < -0.3 is 14.8 Å². The number of morpholine rings is 1. The molecule has 1 aliphatic rings. The first-order valence-corrected chi connectivity index (χ1v) is 5.86. The minimum absolute atomic E-state index is 0.189. The van der Waals surface area contributed by atoms with Crippen molar-refractivity contribution < 1.29 is 14.3 Å². The first-order chi connectivity index (χ1) is 8.56. The number of hydrogen-bond acceptors (Lipinski definition) is 4. The molecular formula is C13H16ClNO3. The third-order valence-corrected chi connectivity index (χ3v) is 2.44. The molecule has 0 amide bonds. The number of ether oxygens (including phenoxy) is 2. The Hall–Kier alpha value is -1.64. The third kappa shape index (κ3) is 4.32. The van der Waals surface area contributed by atoms with Crippen molar-refractivity contribution in [2.45, 2.75) is 19.4 Å². The summed E-state index contributed by atoms with van der Waals surface area (Å²) in [4.78, 5) is 11.2. The number of nitrogens with one attached hydrogen (secondary N) is 1. The van der Waals surface area contributed by atoms with Gasteiger partial charge in [-0.25, -0.2) is 0 Å². The largest absolute Gasteiger partial charge is 0.485 e. The molecule has 0 aliphatic carbocycles. The van der Waals surface area contributed by atoms with Crippen LogP contribution in [-0.4, -0.2) is 25.7 Å². The standard InChI is InChI=1S/C13H16ClNO3/c1-4-11-12(6-5-9(2)14)18-10(8-15-11)7-13(16)17-3/h5-6,10,15H,1,7-8H2,2-3H3/b9-5+,12-6+. The predicted molar refractivity (Wildman–Crippen MR) is 69.9 cm³/mol. The Morgan fingerprint density at radius 1 is 1.78 bits per heavy atom. The van der Waals surface area contributed by atoms with Crippen molar-refractivity contribution in [3.8, 4) is 0 Å². The number of carbonyl (C=O) groups excluding carboxylic acids is 1. The van der Waals surface area contributed by atoms with Gasteiger partial charge in [0.15, 0.2) is 5.76 Å². The second-order valence-electron chi connectivity index (χ2n) is 3.74. The summed E-state index contributed by atoms with van der Waals surface area (Å²) in [5.74, 6) is 0.251. The summed E-state index contributed by atoms with van der Waals surface area (Å²) in [6, 6.07) is 0. The van der Waals surface area contributed by atoms with Gasteiger partial charge in [0.2, 0.25) is 0 Å². The highest BCUT2D eigenvalue weighted by atomic mass is 35.5. The van der Waals surface area contributed by atoms with E-state index in [4.69, 9.17) is 16.3 Å². The zero-order valence-electron chi connectivity index (χ0n) is 10.5. The molecule has 5 heteroatoms. The lowest BCUT2D eigenvalue weighted by Crippen LogP contribution is -2.37. The normalized spacial score (nSPS) is 21.9. The highest BCUT2D eigenvalue weighted by Gasteiger charge is 2.23. The average molecular weight is 270 g/mol. The molecular weight excluding hydrogens is 254 g/mol. The summed E-state index contributed by atoms with van der Waals surface area (Å²) in [6.45, 7) is 5.84. The number of esters is 1. The third-order valence-electron chi connectivity index (χ3n) is 2.31. The van der Waals surface area contributed by atoms with Crippen LogP contribution in [0.25, 0.3) is 0 Å². The van der Waals surface area contributed by atoms with Crippen LogP contribution in [0.5, 0.6) is 0 Å². The van der Waals surface area contributed by atoms with Gasteiger partial charge in [-0.1, -0.05) is 23.9 Å². The van der Waals surface area contributed by atoms with E-state index in [-0.39, 0.29) is 18.5 Å². The van der Waals surface area contributed by atoms with Crippen LogP contribution in [0, 0.1) is 0 Å². The van der Waals surface area contributed by atoms with Gasteiger partial charge in [0.05, 0.1) is 20.1 Å². The van der Waals surface area contributed by atoms with Crippen LogP contribution in [0.4, 0.5) is 0 Å². The Bertz CT molecular complexity index is 430. The van der Waals surface area contributed by atoms with Crippen LogP contribution in [0.2, 0.25) is 0 Å². The highest BCUT2D eigenvalue weighted by Crippen LogP contribution is 2.19. The average Bonchev–Trinajstić information content (AvgIpc) is 2.36. The smallest absolute Gasteiger partial charge is 0.309 e. The summed E-state index contributed by atoms with van der Waals surface area (Å²) >= 11 is 5.75. The summed E-state index contributed by atoms with van der Waals surface area (Å²) in [5, 5.41) is 3.72. The van der Waals surface area contributed by atoms with Gasteiger partial charge in [-0.15, -0.1) is 0 Å². The van der Waals surface area contributed by atoms with E-state index in [2.05, 4.69) is 22.4 Å². The minimum Gasteiger partial charge on any atom is -0.485 e. The first-order valence-electron chi connectivity index (χ1n) is 5.48. The van der Waals surface area contributed by atoms with Gasteiger partial charge in [0.25, 0.3) is 0 Å². The van der Waals surface area contributed by atoms with Crippen LogP contribution in [0.15, 0.2) is 41.0 Å². The maximum absolute atomic E-state index is 11.2. The molecule has 98 valence electrons. The van der Waals surface area contributed by atoms with E-state index in [1.54, 1.807) is 19.1 Å². The topological polar surface area (TPSA) is 47.6 Å². The number of allylic oxidation sites excluding steroid dienone is 3. The lowest BCUT2D eigenvalue weighted by Gasteiger charge is -2.27. The van der Waals surface area contributed by atoms with E-state index in [1.165, 1.54) is 7.11 Å². The molecule has 1 saturated heterocycles. The van der Waals surface area contributed by atoms with Crippen LogP contribution >= 0.6 is 11.6 Å². The lowest BCUT2D eigenvalue weighted by molar-refractivity contribution is -0.143. The van der Waals surface area contributed by atoms with E-state index in [9.17, 15) is 4.79 Å². The van der Waals surface area contributed by atoms with Gasteiger partial charge in [-0.05, 0) is 19.1 Å².